The Bertz CT molecular complexity index is 1800. The number of carboxylic acid groups (broad SMARTS) is 1. The Morgan fingerprint density at radius 2 is 1.85 bits per heavy atom. The lowest BCUT2D eigenvalue weighted by Crippen LogP contribution is -2.12. The molecule has 3 aromatic carbocycles. The van der Waals surface area contributed by atoms with Crippen LogP contribution >= 0.6 is 11.3 Å². The number of benzene rings is 3. The van der Waals surface area contributed by atoms with Crippen molar-refractivity contribution in [3.63, 3.8) is 0 Å². The first-order chi connectivity index (χ1) is 19.7. The minimum Gasteiger partial charge on any atom is -0.476 e. The van der Waals surface area contributed by atoms with Crippen molar-refractivity contribution in [1.29, 1.82) is 0 Å². The van der Waals surface area contributed by atoms with Crippen LogP contribution in [-0.4, -0.2) is 30.4 Å². The molecule has 1 atom stereocenters. The molecule has 2 aromatic heterocycles. The van der Waals surface area contributed by atoms with Crippen molar-refractivity contribution in [2.45, 2.75) is 30.1 Å². The Kier molecular flexibility index (Phi) is 7.16. The molecule has 41 heavy (non-hydrogen) atoms. The number of rotatable bonds is 8. The average molecular weight is 596 g/mol. The van der Waals surface area contributed by atoms with Crippen LogP contribution in [-0.2, 0) is 17.8 Å². The summed E-state index contributed by atoms with van der Waals surface area (Å²) in [7, 11) is 0. The number of thiazole rings is 1. The number of nitrogens with two attached hydrogens (primary N) is 1. The average Bonchev–Trinajstić information content (AvgIpc) is 3.52. The van der Waals surface area contributed by atoms with Gasteiger partial charge in [0.1, 0.15) is 17.5 Å². The van der Waals surface area contributed by atoms with Crippen LogP contribution in [0.25, 0.3) is 27.5 Å². The minimum absolute atomic E-state index is 0.0845. The summed E-state index contributed by atoms with van der Waals surface area (Å²) >= 11 is -0.482. The summed E-state index contributed by atoms with van der Waals surface area (Å²) in [5, 5.41) is 21.6. The highest BCUT2D eigenvalue weighted by molar-refractivity contribution is 7.89. The third-order valence-corrected chi connectivity index (χ3v) is 8.44. The van der Waals surface area contributed by atoms with Crippen molar-refractivity contribution in [2.24, 2.45) is 5.14 Å². The number of carboxylic acids is 1. The molecule has 0 bridgehead atoms. The van der Waals surface area contributed by atoms with Gasteiger partial charge in [0.05, 0.1) is 11.4 Å². The Labute approximate surface area is 239 Å². The lowest BCUT2D eigenvalue weighted by molar-refractivity contribution is 0.0691. The first-order valence-corrected chi connectivity index (χ1v) is 14.6. The number of aromatic nitrogens is 3. The molecule has 0 spiro atoms. The highest BCUT2D eigenvalue weighted by Crippen LogP contribution is 2.46. The second kappa shape index (κ2) is 10.8. The Balaban J connectivity index is 1.55. The molecule has 0 radical (unpaired) electrons. The van der Waals surface area contributed by atoms with Gasteiger partial charge in [-0.2, -0.15) is 9.65 Å². The second-order valence-corrected chi connectivity index (χ2v) is 11.6. The zero-order chi connectivity index (χ0) is 28.8. The predicted molar refractivity (Wildman–Crippen MR) is 151 cm³/mol. The number of nitrogens with zero attached hydrogens (tertiary/aromatic N) is 3. The number of aromatic carboxylic acids is 1. The summed E-state index contributed by atoms with van der Waals surface area (Å²) in [4.78, 5) is 16.0. The van der Waals surface area contributed by atoms with E-state index in [9.17, 15) is 23.2 Å². The minimum atomic E-state index is -1.60. The first-order valence-electron chi connectivity index (χ1n) is 12.5. The van der Waals surface area contributed by atoms with E-state index in [-0.39, 0.29) is 28.5 Å². The van der Waals surface area contributed by atoms with Crippen molar-refractivity contribution in [1.82, 2.24) is 14.8 Å². The molecule has 1 saturated carbocycles. The van der Waals surface area contributed by atoms with E-state index in [1.165, 1.54) is 35.7 Å². The van der Waals surface area contributed by atoms with Crippen LogP contribution in [0.3, 0.4) is 0 Å². The van der Waals surface area contributed by atoms with Crippen molar-refractivity contribution < 1.29 is 27.6 Å². The van der Waals surface area contributed by atoms with Gasteiger partial charge in [0.15, 0.2) is 5.69 Å². The molecular weight excluding hydrogens is 573 g/mol. The third-order valence-electron chi connectivity index (χ3n) is 6.89. The van der Waals surface area contributed by atoms with Gasteiger partial charge in [-0.1, -0.05) is 18.2 Å². The molecule has 4 N–H and O–H groups in total. The number of halogens is 3. The predicted octanol–water partition coefficient (Wildman–Crippen LogP) is 6.57. The van der Waals surface area contributed by atoms with E-state index in [1.807, 2.05) is 0 Å². The lowest BCUT2D eigenvalue weighted by atomic mass is 9.95. The molecule has 1 aliphatic rings. The molecule has 1 aliphatic carbocycles. The molecule has 1 fully saturated rings. The maximum absolute atomic E-state index is 15.2. The molecule has 1 unspecified atom stereocenters. The van der Waals surface area contributed by atoms with E-state index in [2.05, 4.69) is 4.98 Å². The largest absolute Gasteiger partial charge is 0.476 e. The van der Waals surface area contributed by atoms with Gasteiger partial charge < -0.3 is 5.11 Å². The quantitative estimate of drug-likeness (QED) is 0.175. The molecule has 208 valence electrons. The van der Waals surface area contributed by atoms with E-state index in [1.54, 1.807) is 35.0 Å². The molecule has 5 aromatic rings. The fourth-order valence-electron chi connectivity index (χ4n) is 4.79. The summed E-state index contributed by atoms with van der Waals surface area (Å²) < 4.78 is 55.5. The lowest BCUT2D eigenvalue weighted by Gasteiger charge is -2.10. The normalized spacial score (nSPS) is 13.9. The van der Waals surface area contributed by atoms with Gasteiger partial charge in [-0.15, -0.1) is 16.5 Å². The first kappa shape index (κ1) is 27.2. The monoisotopic (exact) mass is 595 g/mol. The van der Waals surface area contributed by atoms with Crippen molar-refractivity contribution in [3.8, 4) is 27.5 Å². The fourth-order valence-corrected chi connectivity index (χ4v) is 5.99. The summed E-state index contributed by atoms with van der Waals surface area (Å²) in [6.45, 7) is 0. The molecule has 12 heteroatoms. The van der Waals surface area contributed by atoms with Gasteiger partial charge in [0, 0.05) is 40.5 Å². The number of hydrogen-bond donors (Lipinski definition) is 3. The van der Waals surface area contributed by atoms with Gasteiger partial charge in [0.25, 0.3) is 11.4 Å². The maximum Gasteiger partial charge on any atom is 0.355 e. The zero-order valence-electron chi connectivity index (χ0n) is 21.2. The smallest absolute Gasteiger partial charge is 0.355 e. The summed E-state index contributed by atoms with van der Waals surface area (Å²) in [6, 6.07) is 14.3. The SMILES string of the molecule is N[S+](O)c1ccc(Cc2c(-c3ccc(F)c(-c4cccc(F)c4)c3)nn(-c3nc(C(=O)O)cs3)c2C2CC2)c(F)c1. The number of carbonyl (C=O) groups is 1. The van der Waals surface area contributed by atoms with Crippen LogP contribution in [0.1, 0.15) is 46.1 Å². The number of hydrogen-bond acceptors (Lipinski definition) is 6. The van der Waals surface area contributed by atoms with Crippen LogP contribution in [0.2, 0.25) is 0 Å². The van der Waals surface area contributed by atoms with Crippen LogP contribution < -0.4 is 5.14 Å². The summed E-state index contributed by atoms with van der Waals surface area (Å²) in [6.07, 6.45) is 1.82. The van der Waals surface area contributed by atoms with E-state index in [0.29, 0.717) is 33.1 Å². The fraction of sp³-hybridized carbons (Fsp3) is 0.138. The van der Waals surface area contributed by atoms with Gasteiger partial charge >= 0.3 is 5.97 Å². The molecule has 2 heterocycles. The van der Waals surface area contributed by atoms with E-state index in [0.717, 1.165) is 29.9 Å². The van der Waals surface area contributed by atoms with Gasteiger partial charge in [-0.3, -0.25) is 0 Å². The summed E-state index contributed by atoms with van der Waals surface area (Å²) in [5.41, 5.74) is 3.15. The van der Waals surface area contributed by atoms with Crippen LogP contribution in [0.15, 0.2) is 70.9 Å². The van der Waals surface area contributed by atoms with Gasteiger partial charge in [-0.25, -0.2) is 27.6 Å². The van der Waals surface area contributed by atoms with Crippen molar-refractivity contribution in [3.05, 3.63) is 106 Å². The van der Waals surface area contributed by atoms with E-state index in [4.69, 9.17) is 10.2 Å². The van der Waals surface area contributed by atoms with Crippen molar-refractivity contribution in [2.75, 3.05) is 0 Å². The highest BCUT2D eigenvalue weighted by Gasteiger charge is 2.35. The van der Waals surface area contributed by atoms with Crippen molar-refractivity contribution >= 4 is 28.7 Å². The highest BCUT2D eigenvalue weighted by atomic mass is 32.2. The Morgan fingerprint density at radius 1 is 1.05 bits per heavy atom. The Morgan fingerprint density at radius 3 is 2.51 bits per heavy atom. The zero-order valence-corrected chi connectivity index (χ0v) is 22.9. The van der Waals surface area contributed by atoms with Gasteiger partial charge in [-0.05, 0) is 60.4 Å². The Hall–Kier alpha value is -3.97. The molecule has 6 rings (SSSR count). The van der Waals surface area contributed by atoms with E-state index < -0.39 is 34.8 Å². The van der Waals surface area contributed by atoms with E-state index >= 15 is 4.39 Å². The van der Waals surface area contributed by atoms with Crippen LogP contribution in [0, 0.1) is 17.5 Å². The van der Waals surface area contributed by atoms with Gasteiger partial charge in [0.2, 0.25) is 10.0 Å². The van der Waals surface area contributed by atoms with Crippen LogP contribution in [0.5, 0.6) is 0 Å². The molecule has 0 aliphatic heterocycles. The topological polar surface area (TPSA) is 114 Å². The van der Waals surface area contributed by atoms with Crippen LogP contribution in [0.4, 0.5) is 13.2 Å². The molecule has 0 amide bonds. The standard InChI is InChI=1S/C29H21F3N4O3S2/c30-19-3-1-2-16(10-19)21-12-18(7-9-23(21)31)26-22(11-17-6-8-20(41(33)39)13-24(17)32)27(15-4-5-15)36(35-26)29-34-25(14-40-29)28(37)38/h1-3,6-10,12-15,39H,4-5,11,33H2/p+1. The molecular formula is C29H22F3N4O3S2+. The second-order valence-electron chi connectivity index (χ2n) is 9.67. The summed E-state index contributed by atoms with van der Waals surface area (Å²) in [5.74, 6) is -2.69. The molecule has 0 saturated heterocycles. The maximum atomic E-state index is 15.2. The third kappa shape index (κ3) is 5.38. The molecule has 7 nitrogen and oxygen atoms in total.